The van der Waals surface area contributed by atoms with Gasteiger partial charge in [0.15, 0.2) is 10.9 Å². The highest BCUT2D eigenvalue weighted by molar-refractivity contribution is 8.14. The second-order valence-electron chi connectivity index (χ2n) is 6.02. The molecule has 1 saturated heterocycles. The number of fused-ring (bicyclic) bond motifs is 1. The largest absolute Gasteiger partial charge is 0.365 e. The van der Waals surface area contributed by atoms with Gasteiger partial charge in [0, 0.05) is 18.7 Å². The Hall–Kier alpha value is -1.49. The van der Waals surface area contributed by atoms with Crippen molar-refractivity contribution in [2.45, 2.75) is 23.8 Å². The van der Waals surface area contributed by atoms with Crippen LogP contribution in [0.2, 0.25) is 0 Å². The van der Waals surface area contributed by atoms with Crippen LogP contribution in [0.4, 0.5) is 0 Å². The van der Waals surface area contributed by atoms with Gasteiger partial charge in [0.1, 0.15) is 0 Å². The lowest BCUT2D eigenvalue weighted by Gasteiger charge is -2.37. The summed E-state index contributed by atoms with van der Waals surface area (Å²) < 4.78 is 0. The average molecular weight is 361 g/mol. The number of hydrogen-bond donors (Lipinski definition) is 1. The maximum atomic E-state index is 11.8. The Bertz CT molecular complexity index is 710. The van der Waals surface area contributed by atoms with Gasteiger partial charge in [-0.3, -0.25) is 4.99 Å². The molecule has 2 heterocycles. The van der Waals surface area contributed by atoms with E-state index in [-0.39, 0.29) is 17.7 Å². The molecule has 3 nitrogen and oxygen atoms in total. The quantitative estimate of drug-likeness (QED) is 0.872. The van der Waals surface area contributed by atoms with Crippen LogP contribution in [0.15, 0.2) is 65.7 Å². The Labute approximate surface area is 153 Å². The maximum Gasteiger partial charge on any atom is 0.182 e. The van der Waals surface area contributed by atoms with Gasteiger partial charge in [-0.1, -0.05) is 72.4 Å². The van der Waals surface area contributed by atoms with Gasteiger partial charge >= 0.3 is 0 Å². The maximum absolute atomic E-state index is 11.8. The van der Waals surface area contributed by atoms with E-state index in [0.717, 1.165) is 42.2 Å². The van der Waals surface area contributed by atoms with Crippen molar-refractivity contribution in [3.8, 4) is 0 Å². The average Bonchev–Trinajstić information content (AvgIpc) is 2.77. The highest BCUT2D eigenvalue weighted by Gasteiger charge is 2.53. The molecule has 1 N–H and O–H groups in total. The highest BCUT2D eigenvalue weighted by Crippen LogP contribution is 2.54. The number of hydrogen-bond acceptors (Lipinski definition) is 4. The van der Waals surface area contributed by atoms with Crippen LogP contribution in [0.5, 0.6) is 0 Å². The van der Waals surface area contributed by atoms with E-state index in [2.05, 4.69) is 17.0 Å². The topological polar surface area (TPSA) is 35.8 Å². The van der Waals surface area contributed by atoms with Gasteiger partial charge in [-0.25, -0.2) is 0 Å². The Kier molecular flexibility index (Phi) is 5.18. The molecule has 2 aromatic carbocycles. The third-order valence-electron chi connectivity index (χ3n) is 4.57. The smallest absolute Gasteiger partial charge is 0.182 e. The van der Waals surface area contributed by atoms with Crippen LogP contribution in [0.25, 0.3) is 0 Å². The van der Waals surface area contributed by atoms with E-state index < -0.39 is 5.72 Å². The molecular weight excluding hydrogens is 340 g/mol. The standard InChI is InChI=1S/C19H20N2OS.ClH/c22-19(16-11-5-2-6-12-16)17(15-9-3-1-4-10-15)23-18-20-13-7-8-14-21(18)19;/h1-6,9-12,17,22H,7-8,13-14H2;1H. The Morgan fingerprint density at radius 1 is 1.00 bits per heavy atom. The number of nitrogens with zero attached hydrogens (tertiary/aromatic N) is 2. The van der Waals surface area contributed by atoms with Crippen LogP contribution in [-0.2, 0) is 5.72 Å². The summed E-state index contributed by atoms with van der Waals surface area (Å²) in [5, 5.41) is 12.7. The normalized spacial score (nSPS) is 26.1. The summed E-state index contributed by atoms with van der Waals surface area (Å²) in [4.78, 5) is 6.84. The summed E-state index contributed by atoms with van der Waals surface area (Å²) in [6.45, 7) is 1.70. The first-order valence-corrected chi connectivity index (χ1v) is 9.00. The molecule has 2 unspecified atom stereocenters. The van der Waals surface area contributed by atoms with Crippen LogP contribution in [0.3, 0.4) is 0 Å². The van der Waals surface area contributed by atoms with Gasteiger partial charge in [0.25, 0.3) is 0 Å². The molecule has 0 amide bonds. The molecule has 1 fully saturated rings. The number of halogens is 1. The van der Waals surface area contributed by atoms with E-state index in [0.29, 0.717) is 0 Å². The van der Waals surface area contributed by atoms with Crippen molar-refractivity contribution in [2.24, 2.45) is 4.99 Å². The third-order valence-corrected chi connectivity index (χ3v) is 5.97. The molecule has 0 spiro atoms. The molecule has 4 rings (SSSR count). The molecule has 5 heteroatoms. The number of thioether (sulfide) groups is 1. The number of amidine groups is 1. The van der Waals surface area contributed by atoms with Crippen molar-refractivity contribution in [2.75, 3.05) is 13.1 Å². The van der Waals surface area contributed by atoms with Gasteiger partial charge in [-0.2, -0.15) is 0 Å². The second kappa shape index (κ2) is 7.18. The SMILES string of the molecule is Cl.OC1(c2ccccc2)C(c2ccccc2)SC2=NCCCCN21. The van der Waals surface area contributed by atoms with E-state index in [4.69, 9.17) is 4.99 Å². The second-order valence-corrected chi connectivity index (χ2v) is 7.10. The van der Waals surface area contributed by atoms with Crippen LogP contribution in [0.1, 0.15) is 29.2 Å². The van der Waals surface area contributed by atoms with Crippen LogP contribution in [-0.4, -0.2) is 28.3 Å². The summed E-state index contributed by atoms with van der Waals surface area (Å²) in [6, 6.07) is 20.3. The van der Waals surface area contributed by atoms with E-state index in [1.165, 1.54) is 0 Å². The van der Waals surface area contributed by atoms with Gasteiger partial charge in [-0.15, -0.1) is 12.4 Å². The predicted octanol–water partition coefficient (Wildman–Crippen LogP) is 4.19. The minimum Gasteiger partial charge on any atom is -0.365 e. The molecule has 0 radical (unpaired) electrons. The lowest BCUT2D eigenvalue weighted by Crippen LogP contribution is -2.46. The van der Waals surface area contributed by atoms with Crippen molar-refractivity contribution in [3.05, 3.63) is 71.8 Å². The molecule has 0 aromatic heterocycles. The Morgan fingerprint density at radius 2 is 1.67 bits per heavy atom. The predicted molar refractivity (Wildman–Crippen MR) is 103 cm³/mol. The van der Waals surface area contributed by atoms with Gasteiger partial charge < -0.3 is 10.0 Å². The van der Waals surface area contributed by atoms with Crippen molar-refractivity contribution in [1.29, 1.82) is 0 Å². The molecule has 2 aliphatic rings. The van der Waals surface area contributed by atoms with Crippen LogP contribution in [0, 0.1) is 0 Å². The molecule has 2 aliphatic heterocycles. The number of aliphatic imine (C=N–C) groups is 1. The summed E-state index contributed by atoms with van der Waals surface area (Å²) in [5.41, 5.74) is 1.03. The zero-order chi connectivity index (χ0) is 15.7. The van der Waals surface area contributed by atoms with Crippen molar-refractivity contribution in [3.63, 3.8) is 0 Å². The molecule has 2 aromatic rings. The van der Waals surface area contributed by atoms with E-state index in [9.17, 15) is 5.11 Å². The minimum absolute atomic E-state index is 0. The molecule has 0 aliphatic carbocycles. The highest BCUT2D eigenvalue weighted by atomic mass is 35.5. The molecule has 2 atom stereocenters. The summed E-state index contributed by atoms with van der Waals surface area (Å²) in [5.74, 6) is 0. The lowest BCUT2D eigenvalue weighted by atomic mass is 9.92. The fraction of sp³-hybridized carbons (Fsp3) is 0.316. The first-order valence-electron chi connectivity index (χ1n) is 8.12. The first kappa shape index (κ1) is 17.3. The zero-order valence-electron chi connectivity index (χ0n) is 13.3. The fourth-order valence-corrected chi connectivity index (χ4v) is 4.86. The Morgan fingerprint density at radius 3 is 2.38 bits per heavy atom. The van der Waals surface area contributed by atoms with Gasteiger partial charge in [0.05, 0.1) is 5.25 Å². The molecule has 126 valence electrons. The summed E-state index contributed by atoms with van der Waals surface area (Å²) >= 11 is 1.69. The third kappa shape index (κ3) is 2.83. The first-order chi connectivity index (χ1) is 11.3. The van der Waals surface area contributed by atoms with E-state index in [1.807, 2.05) is 48.5 Å². The van der Waals surface area contributed by atoms with Gasteiger partial charge in [-0.05, 0) is 18.4 Å². The molecule has 0 saturated carbocycles. The van der Waals surface area contributed by atoms with E-state index in [1.54, 1.807) is 11.8 Å². The van der Waals surface area contributed by atoms with Crippen molar-refractivity contribution < 1.29 is 5.11 Å². The zero-order valence-corrected chi connectivity index (χ0v) is 15.0. The molecular formula is C19H21ClN2OS. The fourth-order valence-electron chi connectivity index (χ4n) is 3.40. The number of aliphatic hydroxyl groups is 1. The number of rotatable bonds is 2. The number of benzene rings is 2. The summed E-state index contributed by atoms with van der Waals surface area (Å²) in [7, 11) is 0. The summed E-state index contributed by atoms with van der Waals surface area (Å²) in [6.07, 6.45) is 2.14. The lowest BCUT2D eigenvalue weighted by molar-refractivity contribution is -0.0712. The molecule has 24 heavy (non-hydrogen) atoms. The molecule has 0 bridgehead atoms. The Balaban J connectivity index is 0.00000169. The van der Waals surface area contributed by atoms with Crippen LogP contribution >= 0.6 is 24.2 Å². The van der Waals surface area contributed by atoms with Gasteiger partial charge in [0.2, 0.25) is 0 Å². The van der Waals surface area contributed by atoms with Crippen molar-refractivity contribution in [1.82, 2.24) is 4.90 Å². The van der Waals surface area contributed by atoms with E-state index >= 15 is 0 Å². The van der Waals surface area contributed by atoms with Crippen molar-refractivity contribution >= 4 is 29.3 Å². The van der Waals surface area contributed by atoms with Crippen LogP contribution < -0.4 is 0 Å². The minimum atomic E-state index is -1.05. The monoisotopic (exact) mass is 360 g/mol.